The first-order valence-electron chi connectivity index (χ1n) is 12.4. The Bertz CT molecular complexity index is 778. The molecule has 6 heteroatoms. The molecule has 1 aromatic rings. The third-order valence-corrected chi connectivity index (χ3v) is 13.1. The highest BCUT2D eigenvalue weighted by Crippen LogP contribution is 2.44. The van der Waals surface area contributed by atoms with Gasteiger partial charge in [-0.05, 0) is 42.0 Å². The third-order valence-electron chi connectivity index (χ3n) is 7.02. The molecular formula is C27H43NO4Si. The summed E-state index contributed by atoms with van der Waals surface area (Å²) in [5, 5.41) is 9.14. The van der Waals surface area contributed by atoms with Gasteiger partial charge in [-0.3, -0.25) is 4.90 Å². The number of benzene rings is 1. The lowest BCUT2D eigenvalue weighted by atomic mass is 9.94. The number of hydrogen-bond acceptors (Lipinski definition) is 4. The number of carbonyl (C=O) groups excluding carboxylic acids is 1. The average molecular weight is 474 g/mol. The lowest BCUT2D eigenvalue weighted by Gasteiger charge is -2.49. The molecule has 1 N–H and O–H groups in total. The Labute approximate surface area is 202 Å². The Hall–Kier alpha value is -1.81. The van der Waals surface area contributed by atoms with E-state index in [1.165, 1.54) is 0 Å². The molecule has 1 fully saturated rings. The summed E-state index contributed by atoms with van der Waals surface area (Å²) in [5.74, 6) is 6.22. The molecule has 0 spiro atoms. The number of aliphatic hydroxyl groups is 1. The fourth-order valence-electron chi connectivity index (χ4n) is 5.47. The van der Waals surface area contributed by atoms with Gasteiger partial charge >= 0.3 is 6.09 Å². The lowest BCUT2D eigenvalue weighted by Crippen LogP contribution is -2.59. The predicted molar refractivity (Wildman–Crippen MR) is 136 cm³/mol. The summed E-state index contributed by atoms with van der Waals surface area (Å²) in [5.41, 5.74) is 2.39. The van der Waals surface area contributed by atoms with E-state index >= 15 is 0 Å². The normalized spacial score (nSPS) is 21.3. The van der Waals surface area contributed by atoms with Gasteiger partial charge in [-0.25, -0.2) is 4.79 Å². The highest BCUT2D eigenvalue weighted by atomic mass is 28.4. The van der Waals surface area contributed by atoms with Gasteiger partial charge in [-0.1, -0.05) is 83.7 Å². The van der Waals surface area contributed by atoms with Crippen LogP contribution < -0.4 is 0 Å². The molecule has 1 heterocycles. The molecule has 184 valence electrons. The van der Waals surface area contributed by atoms with Crippen LogP contribution in [0, 0.1) is 11.8 Å². The van der Waals surface area contributed by atoms with E-state index in [2.05, 4.69) is 60.3 Å². The van der Waals surface area contributed by atoms with Crippen LogP contribution in [0.15, 0.2) is 30.3 Å². The van der Waals surface area contributed by atoms with Crippen molar-refractivity contribution in [2.45, 2.75) is 109 Å². The van der Waals surface area contributed by atoms with E-state index in [9.17, 15) is 4.79 Å². The first-order chi connectivity index (χ1) is 15.6. The Kier molecular flexibility index (Phi) is 10.5. The van der Waals surface area contributed by atoms with E-state index < -0.39 is 8.32 Å². The second kappa shape index (κ2) is 12.6. The third kappa shape index (κ3) is 6.62. The van der Waals surface area contributed by atoms with Crippen molar-refractivity contribution in [3.05, 3.63) is 35.9 Å². The maximum Gasteiger partial charge on any atom is 0.411 e. The van der Waals surface area contributed by atoms with Crippen molar-refractivity contribution in [1.29, 1.82) is 0 Å². The van der Waals surface area contributed by atoms with Gasteiger partial charge in [0.05, 0.1) is 24.8 Å². The molecule has 5 nitrogen and oxygen atoms in total. The van der Waals surface area contributed by atoms with Gasteiger partial charge in [0.15, 0.2) is 0 Å². The molecule has 33 heavy (non-hydrogen) atoms. The van der Waals surface area contributed by atoms with Gasteiger partial charge < -0.3 is 14.3 Å². The largest absolute Gasteiger partial charge is 0.445 e. The van der Waals surface area contributed by atoms with Crippen molar-refractivity contribution in [1.82, 2.24) is 4.90 Å². The molecule has 0 aliphatic carbocycles. The second-order valence-corrected chi connectivity index (χ2v) is 15.5. The van der Waals surface area contributed by atoms with Gasteiger partial charge in [0.1, 0.15) is 6.61 Å². The van der Waals surface area contributed by atoms with Gasteiger partial charge in [0.25, 0.3) is 0 Å². The van der Waals surface area contributed by atoms with E-state index in [0.717, 1.165) is 18.4 Å². The molecule has 2 rings (SSSR count). The van der Waals surface area contributed by atoms with Gasteiger partial charge in [-0.2, -0.15) is 0 Å². The monoisotopic (exact) mass is 473 g/mol. The van der Waals surface area contributed by atoms with Gasteiger partial charge in [0, 0.05) is 6.42 Å². The summed E-state index contributed by atoms with van der Waals surface area (Å²) in [6, 6.07) is 9.35. The Morgan fingerprint density at radius 1 is 1.09 bits per heavy atom. The van der Waals surface area contributed by atoms with Crippen molar-refractivity contribution >= 4 is 14.4 Å². The number of hydrogen-bond donors (Lipinski definition) is 1. The van der Waals surface area contributed by atoms with Crippen LogP contribution in [-0.4, -0.2) is 49.2 Å². The lowest BCUT2D eigenvalue weighted by molar-refractivity contribution is 0.000448. The highest BCUT2D eigenvalue weighted by molar-refractivity contribution is 6.77. The number of likely N-dealkylation sites (tertiary alicyclic amines) is 1. The number of rotatable bonds is 8. The van der Waals surface area contributed by atoms with Gasteiger partial charge in [0.2, 0.25) is 8.32 Å². The minimum atomic E-state index is -2.09. The SMILES string of the molecule is CC(C)[Si](O[C@@H]1CC[C@H](C#CCCO)N(C(=O)OCc2ccccc2)[C@H]1C)(C(C)C)C(C)C. The number of aliphatic hydroxyl groups excluding tert-OH is 1. The van der Waals surface area contributed by atoms with Crippen molar-refractivity contribution in [3.63, 3.8) is 0 Å². The van der Waals surface area contributed by atoms with Crippen LogP contribution in [0.2, 0.25) is 16.6 Å². The average Bonchev–Trinajstić information content (AvgIpc) is 2.77. The van der Waals surface area contributed by atoms with Crippen LogP contribution in [0.25, 0.3) is 0 Å². The number of carbonyl (C=O) groups is 1. The van der Waals surface area contributed by atoms with Crippen LogP contribution in [0.3, 0.4) is 0 Å². The standard InChI is InChI=1S/C27H43NO4Si/c1-20(2)33(21(3)4,22(5)6)32-26-17-16-25(15-11-12-18-29)28(23(26)7)27(30)31-19-24-13-9-8-10-14-24/h8-10,13-14,20-23,25-26,29H,12,16-19H2,1-7H3/t23-,25-,26+/m0/s1. The van der Waals surface area contributed by atoms with E-state index in [1.54, 1.807) is 4.90 Å². The maximum atomic E-state index is 13.3. The molecule has 0 saturated carbocycles. The summed E-state index contributed by atoms with van der Waals surface area (Å²) in [4.78, 5) is 15.1. The highest BCUT2D eigenvalue weighted by Gasteiger charge is 2.49. The number of piperidine rings is 1. The second-order valence-electron chi connectivity index (χ2n) is 10.0. The van der Waals surface area contributed by atoms with E-state index in [1.807, 2.05) is 30.3 Å². The van der Waals surface area contributed by atoms with Crippen molar-refractivity contribution in [2.24, 2.45) is 0 Å². The van der Waals surface area contributed by atoms with Crippen molar-refractivity contribution in [2.75, 3.05) is 6.61 Å². The van der Waals surface area contributed by atoms with E-state index in [4.69, 9.17) is 14.3 Å². The first kappa shape index (κ1) is 27.4. The molecule has 3 atom stereocenters. The molecule has 1 aliphatic heterocycles. The Morgan fingerprint density at radius 2 is 1.70 bits per heavy atom. The first-order valence-corrected chi connectivity index (χ1v) is 14.5. The summed E-state index contributed by atoms with van der Waals surface area (Å²) in [6.07, 6.45) is 1.62. The number of amides is 1. The van der Waals surface area contributed by atoms with Crippen LogP contribution in [0.1, 0.15) is 73.3 Å². The van der Waals surface area contributed by atoms with Crippen molar-refractivity contribution < 1.29 is 19.1 Å². The quantitative estimate of drug-likeness (QED) is 0.365. The molecular weight excluding hydrogens is 430 g/mol. The zero-order valence-corrected chi connectivity index (χ0v) is 22.5. The maximum absolute atomic E-state index is 13.3. The molecule has 0 radical (unpaired) electrons. The molecule has 1 aromatic carbocycles. The fourth-order valence-corrected chi connectivity index (χ4v) is 11.1. The Balaban J connectivity index is 2.27. The van der Waals surface area contributed by atoms with Crippen LogP contribution in [-0.2, 0) is 15.8 Å². The zero-order valence-electron chi connectivity index (χ0n) is 21.5. The minimum Gasteiger partial charge on any atom is -0.445 e. The zero-order chi connectivity index (χ0) is 24.6. The van der Waals surface area contributed by atoms with E-state index in [-0.39, 0.29) is 37.5 Å². The van der Waals surface area contributed by atoms with Crippen molar-refractivity contribution in [3.8, 4) is 11.8 Å². The molecule has 1 saturated heterocycles. The molecule has 1 amide bonds. The Morgan fingerprint density at radius 3 is 2.24 bits per heavy atom. The van der Waals surface area contributed by atoms with Crippen LogP contribution in [0.4, 0.5) is 4.79 Å². The molecule has 0 bridgehead atoms. The number of ether oxygens (including phenoxy) is 1. The molecule has 1 aliphatic rings. The predicted octanol–water partition coefficient (Wildman–Crippen LogP) is 6.12. The molecule has 0 unspecified atom stereocenters. The number of nitrogens with zero attached hydrogens (tertiary/aromatic N) is 1. The molecule has 0 aromatic heterocycles. The van der Waals surface area contributed by atoms with Crippen LogP contribution >= 0.6 is 0 Å². The van der Waals surface area contributed by atoms with Crippen LogP contribution in [0.5, 0.6) is 0 Å². The summed E-state index contributed by atoms with van der Waals surface area (Å²) < 4.78 is 12.8. The topological polar surface area (TPSA) is 59.0 Å². The minimum absolute atomic E-state index is 0.0186. The summed E-state index contributed by atoms with van der Waals surface area (Å²) in [6.45, 7) is 16.0. The van der Waals surface area contributed by atoms with Gasteiger partial charge in [-0.15, -0.1) is 0 Å². The smallest absolute Gasteiger partial charge is 0.411 e. The fraction of sp³-hybridized carbons (Fsp3) is 0.667. The summed E-state index contributed by atoms with van der Waals surface area (Å²) in [7, 11) is -2.09. The summed E-state index contributed by atoms with van der Waals surface area (Å²) >= 11 is 0. The van der Waals surface area contributed by atoms with E-state index in [0.29, 0.717) is 23.0 Å².